The Kier molecular flexibility index (Phi) is 7.21. The maximum atomic E-state index is 12.0. The average Bonchev–Trinajstić information content (AvgIpc) is 2.62. The Labute approximate surface area is 140 Å². The predicted molar refractivity (Wildman–Crippen MR) is 93.7 cm³/mol. The maximum Gasteiger partial charge on any atom is 0.162 e. The molecule has 2 rings (SSSR count). The van der Waals surface area contributed by atoms with Gasteiger partial charge in [0.1, 0.15) is 0 Å². The lowest BCUT2D eigenvalue weighted by molar-refractivity contribution is -0.0498. The molecule has 0 aliphatic carbocycles. The maximum absolute atomic E-state index is 12.0. The third-order valence-electron chi connectivity index (χ3n) is 5.05. The molecule has 0 saturated carbocycles. The number of methoxy groups -OCH3 is 1. The van der Waals surface area contributed by atoms with E-state index in [1.807, 2.05) is 30.3 Å². The van der Waals surface area contributed by atoms with Crippen LogP contribution in [0.15, 0.2) is 30.3 Å². The molecule has 1 aromatic rings. The van der Waals surface area contributed by atoms with Crippen molar-refractivity contribution in [3.8, 4) is 0 Å². The molecule has 128 valence electrons. The van der Waals surface area contributed by atoms with Gasteiger partial charge in [-0.3, -0.25) is 4.79 Å². The minimum Gasteiger partial charge on any atom is -0.377 e. The lowest BCUT2D eigenvalue weighted by atomic mass is 9.91. The smallest absolute Gasteiger partial charge is 0.162 e. The molecule has 1 aliphatic rings. The highest BCUT2D eigenvalue weighted by Crippen LogP contribution is 2.24. The quantitative estimate of drug-likeness (QED) is 0.562. The highest BCUT2D eigenvalue weighted by atomic mass is 16.5. The number of hydrogen-bond donors (Lipinski definition) is 1. The van der Waals surface area contributed by atoms with Crippen LogP contribution < -0.4 is 5.73 Å². The third-order valence-corrected chi connectivity index (χ3v) is 5.05. The number of nitrogens with two attached hydrogens (primary N) is 1. The zero-order chi connectivity index (χ0) is 16.5. The topological polar surface area (TPSA) is 55.6 Å². The number of unbranched alkanes of at least 4 members (excludes halogenated alkanes) is 2. The van der Waals surface area contributed by atoms with Gasteiger partial charge < -0.3 is 15.4 Å². The first-order valence-corrected chi connectivity index (χ1v) is 8.75. The Balaban J connectivity index is 1.57. The molecule has 2 N–H and O–H groups in total. The van der Waals surface area contributed by atoms with Gasteiger partial charge in [-0.1, -0.05) is 36.8 Å². The minimum absolute atomic E-state index is 0.0986. The number of ketones is 1. The molecule has 1 aliphatic heterocycles. The molecular formula is C19H30N2O2. The Morgan fingerprint density at radius 1 is 1.17 bits per heavy atom. The standard InChI is InChI=1S/C19H30N2O2/c1-23-19(16-20)11-14-21(15-12-19)13-7-3-6-10-18(22)17-8-4-2-5-9-17/h2,4-5,8-9H,3,6-7,10-16,20H2,1H3. The van der Waals surface area contributed by atoms with E-state index < -0.39 is 0 Å². The van der Waals surface area contributed by atoms with Crippen molar-refractivity contribution >= 4 is 5.78 Å². The van der Waals surface area contributed by atoms with Crippen molar-refractivity contribution in [3.63, 3.8) is 0 Å². The van der Waals surface area contributed by atoms with E-state index in [9.17, 15) is 4.79 Å². The van der Waals surface area contributed by atoms with Crippen LogP contribution in [0.2, 0.25) is 0 Å². The third kappa shape index (κ3) is 5.41. The first kappa shape index (κ1) is 18.1. The molecule has 0 unspecified atom stereocenters. The van der Waals surface area contributed by atoms with E-state index in [-0.39, 0.29) is 11.4 Å². The largest absolute Gasteiger partial charge is 0.377 e. The van der Waals surface area contributed by atoms with Crippen molar-refractivity contribution in [2.45, 2.75) is 44.1 Å². The number of likely N-dealkylation sites (tertiary alicyclic amines) is 1. The van der Waals surface area contributed by atoms with Gasteiger partial charge in [-0.2, -0.15) is 0 Å². The van der Waals surface area contributed by atoms with Crippen LogP contribution in [0.25, 0.3) is 0 Å². The van der Waals surface area contributed by atoms with Gasteiger partial charge in [0.25, 0.3) is 0 Å². The molecule has 0 atom stereocenters. The summed E-state index contributed by atoms with van der Waals surface area (Å²) in [6.07, 6.45) is 5.95. The molecule has 0 radical (unpaired) electrons. The molecule has 1 fully saturated rings. The molecule has 1 aromatic carbocycles. The Morgan fingerprint density at radius 3 is 2.48 bits per heavy atom. The summed E-state index contributed by atoms with van der Waals surface area (Å²) in [7, 11) is 1.77. The van der Waals surface area contributed by atoms with E-state index in [2.05, 4.69) is 4.90 Å². The summed E-state index contributed by atoms with van der Waals surface area (Å²) in [6, 6.07) is 9.58. The van der Waals surface area contributed by atoms with Crippen molar-refractivity contribution < 1.29 is 9.53 Å². The number of benzene rings is 1. The van der Waals surface area contributed by atoms with Crippen molar-refractivity contribution in [3.05, 3.63) is 35.9 Å². The molecular weight excluding hydrogens is 288 g/mol. The molecule has 23 heavy (non-hydrogen) atoms. The zero-order valence-corrected chi connectivity index (χ0v) is 14.3. The van der Waals surface area contributed by atoms with Gasteiger partial charge in [-0.25, -0.2) is 0 Å². The zero-order valence-electron chi connectivity index (χ0n) is 14.3. The molecule has 1 heterocycles. The number of piperidine rings is 1. The summed E-state index contributed by atoms with van der Waals surface area (Å²) in [5.74, 6) is 0.261. The van der Waals surface area contributed by atoms with Crippen LogP contribution in [0.3, 0.4) is 0 Å². The number of nitrogens with zero attached hydrogens (tertiary/aromatic N) is 1. The van der Waals surface area contributed by atoms with Gasteiger partial charge in [0, 0.05) is 38.7 Å². The molecule has 0 aromatic heterocycles. The lowest BCUT2D eigenvalue weighted by Crippen LogP contribution is -2.50. The van der Waals surface area contributed by atoms with Gasteiger partial charge in [-0.05, 0) is 32.2 Å². The van der Waals surface area contributed by atoms with Gasteiger partial charge >= 0.3 is 0 Å². The molecule has 1 saturated heterocycles. The molecule has 0 spiro atoms. The van der Waals surface area contributed by atoms with E-state index in [1.54, 1.807) is 7.11 Å². The Hall–Kier alpha value is -1.23. The van der Waals surface area contributed by atoms with Crippen molar-refractivity contribution in [1.82, 2.24) is 4.90 Å². The van der Waals surface area contributed by atoms with E-state index >= 15 is 0 Å². The van der Waals surface area contributed by atoms with Crippen LogP contribution in [-0.4, -0.2) is 49.6 Å². The number of ether oxygens (including phenoxy) is 1. The summed E-state index contributed by atoms with van der Waals surface area (Å²) >= 11 is 0. The molecule has 4 heteroatoms. The van der Waals surface area contributed by atoms with E-state index in [4.69, 9.17) is 10.5 Å². The first-order valence-electron chi connectivity index (χ1n) is 8.75. The summed E-state index contributed by atoms with van der Waals surface area (Å²) in [4.78, 5) is 14.5. The van der Waals surface area contributed by atoms with Gasteiger partial charge in [0.05, 0.1) is 5.60 Å². The molecule has 4 nitrogen and oxygen atoms in total. The minimum atomic E-state index is -0.0986. The second kappa shape index (κ2) is 9.16. The second-order valence-corrected chi connectivity index (χ2v) is 6.53. The fourth-order valence-electron chi connectivity index (χ4n) is 3.24. The van der Waals surface area contributed by atoms with E-state index in [1.165, 1.54) is 0 Å². The monoisotopic (exact) mass is 318 g/mol. The van der Waals surface area contributed by atoms with Gasteiger partial charge in [-0.15, -0.1) is 0 Å². The van der Waals surface area contributed by atoms with Crippen LogP contribution in [0, 0.1) is 0 Å². The van der Waals surface area contributed by atoms with Crippen LogP contribution in [0.1, 0.15) is 48.9 Å². The second-order valence-electron chi connectivity index (χ2n) is 6.53. The van der Waals surface area contributed by atoms with Crippen molar-refractivity contribution in [2.24, 2.45) is 5.73 Å². The Bertz CT molecular complexity index is 462. The van der Waals surface area contributed by atoms with Crippen LogP contribution >= 0.6 is 0 Å². The van der Waals surface area contributed by atoms with Gasteiger partial charge in [0.15, 0.2) is 5.78 Å². The first-order chi connectivity index (χ1) is 11.2. The Morgan fingerprint density at radius 2 is 1.87 bits per heavy atom. The number of hydrogen-bond acceptors (Lipinski definition) is 4. The summed E-state index contributed by atoms with van der Waals surface area (Å²) in [6.45, 7) is 3.85. The van der Waals surface area contributed by atoms with Crippen molar-refractivity contribution in [1.29, 1.82) is 0 Å². The van der Waals surface area contributed by atoms with Gasteiger partial charge in [0.2, 0.25) is 0 Å². The van der Waals surface area contributed by atoms with Crippen LogP contribution in [0.4, 0.5) is 0 Å². The van der Waals surface area contributed by atoms with E-state index in [0.29, 0.717) is 13.0 Å². The molecule has 0 bridgehead atoms. The SMILES string of the molecule is COC1(CN)CCN(CCCCCC(=O)c2ccccc2)CC1. The highest BCUT2D eigenvalue weighted by Gasteiger charge is 2.32. The fourth-order valence-corrected chi connectivity index (χ4v) is 3.24. The number of Topliss-reactive ketones (excluding diaryl/α,β-unsaturated/α-hetero) is 1. The van der Waals surface area contributed by atoms with Crippen molar-refractivity contribution in [2.75, 3.05) is 33.3 Å². The summed E-state index contributed by atoms with van der Waals surface area (Å²) < 4.78 is 5.60. The number of rotatable bonds is 9. The molecule has 0 amide bonds. The normalized spacial score (nSPS) is 18.0. The number of carbonyl (C=O) groups is 1. The summed E-state index contributed by atoms with van der Waals surface area (Å²) in [5.41, 5.74) is 6.57. The predicted octanol–water partition coefficient (Wildman–Crippen LogP) is 2.87. The van der Waals surface area contributed by atoms with E-state index in [0.717, 1.165) is 57.3 Å². The average molecular weight is 318 g/mol. The summed E-state index contributed by atoms with van der Waals surface area (Å²) in [5, 5.41) is 0. The number of carbonyl (C=O) groups excluding carboxylic acids is 1. The van der Waals surface area contributed by atoms with Crippen LogP contribution in [0.5, 0.6) is 0 Å². The highest BCUT2D eigenvalue weighted by molar-refractivity contribution is 5.95. The fraction of sp³-hybridized carbons (Fsp3) is 0.632. The lowest BCUT2D eigenvalue weighted by Gasteiger charge is -2.40. The van der Waals surface area contributed by atoms with Crippen LogP contribution in [-0.2, 0) is 4.74 Å².